The summed E-state index contributed by atoms with van der Waals surface area (Å²) in [5, 5.41) is 0. The van der Waals surface area contributed by atoms with Crippen LogP contribution in [0.15, 0.2) is 12.4 Å². The van der Waals surface area contributed by atoms with Crippen LogP contribution in [0.5, 0.6) is 0 Å². The van der Waals surface area contributed by atoms with Crippen LogP contribution in [0.3, 0.4) is 0 Å². The van der Waals surface area contributed by atoms with Gasteiger partial charge in [0.15, 0.2) is 0 Å². The summed E-state index contributed by atoms with van der Waals surface area (Å²) in [5.41, 5.74) is 5.36. The monoisotopic (exact) mass is 145 g/mol. The Morgan fingerprint density at radius 1 is 1.50 bits per heavy atom. The van der Waals surface area contributed by atoms with E-state index in [-0.39, 0.29) is 5.48 Å². The van der Waals surface area contributed by atoms with Gasteiger partial charge in [-0.1, -0.05) is 0 Å². The molecule has 0 aromatic carbocycles. The van der Waals surface area contributed by atoms with Gasteiger partial charge in [0, 0.05) is 32.5 Å². The van der Waals surface area contributed by atoms with Crippen LogP contribution in [0.25, 0.3) is 0 Å². The Bertz CT molecular complexity index is 116. The molecule has 0 amide bonds. The van der Waals surface area contributed by atoms with E-state index in [4.69, 9.17) is 5.73 Å². The van der Waals surface area contributed by atoms with Crippen molar-refractivity contribution >= 4 is 0 Å². The average Bonchev–Trinajstić information content (AvgIpc) is 2.17. The van der Waals surface area contributed by atoms with Crippen molar-refractivity contribution < 1.29 is 5.48 Å². The van der Waals surface area contributed by atoms with Crippen LogP contribution in [0.2, 0.25) is 0 Å². The molecule has 0 radical (unpaired) electrons. The Hall–Kier alpha value is -0.740. The highest BCUT2D eigenvalue weighted by Crippen LogP contribution is 2.00. The standard InChI is InChI=1S/C6H13N3.H2O/c1-8-4-5-9(6-8)3-2-7;/h4-5H,2-3,6-7H2,1H3;1H2. The zero-order valence-electron chi connectivity index (χ0n) is 6.25. The highest BCUT2D eigenvalue weighted by Gasteiger charge is 2.05. The second-order valence-electron chi connectivity index (χ2n) is 2.30. The Morgan fingerprint density at radius 2 is 2.20 bits per heavy atom. The molecular weight excluding hydrogens is 130 g/mol. The lowest BCUT2D eigenvalue weighted by molar-refractivity contribution is 0.302. The van der Waals surface area contributed by atoms with Gasteiger partial charge in [0.05, 0.1) is 6.67 Å². The highest BCUT2D eigenvalue weighted by molar-refractivity contribution is 4.88. The molecule has 1 rings (SSSR count). The van der Waals surface area contributed by atoms with Crippen LogP contribution < -0.4 is 5.73 Å². The lowest BCUT2D eigenvalue weighted by Crippen LogP contribution is -2.27. The molecule has 4 N–H and O–H groups in total. The van der Waals surface area contributed by atoms with Gasteiger partial charge in [0.2, 0.25) is 0 Å². The summed E-state index contributed by atoms with van der Waals surface area (Å²) in [6, 6.07) is 0. The Kier molecular flexibility index (Phi) is 3.83. The van der Waals surface area contributed by atoms with Crippen molar-refractivity contribution in [2.24, 2.45) is 5.73 Å². The van der Waals surface area contributed by atoms with Crippen molar-refractivity contribution in [1.82, 2.24) is 9.80 Å². The predicted molar refractivity (Wildman–Crippen MR) is 41.1 cm³/mol. The van der Waals surface area contributed by atoms with Crippen molar-refractivity contribution in [2.75, 3.05) is 26.8 Å². The normalized spacial score (nSPS) is 15.8. The van der Waals surface area contributed by atoms with Crippen LogP contribution in [0, 0.1) is 0 Å². The van der Waals surface area contributed by atoms with Crippen molar-refractivity contribution in [3.63, 3.8) is 0 Å². The lowest BCUT2D eigenvalue weighted by Gasteiger charge is -2.16. The van der Waals surface area contributed by atoms with Gasteiger partial charge >= 0.3 is 0 Å². The molecule has 0 bridgehead atoms. The molecule has 4 heteroatoms. The minimum atomic E-state index is 0. The Labute approximate surface area is 61.2 Å². The minimum absolute atomic E-state index is 0. The van der Waals surface area contributed by atoms with Crippen molar-refractivity contribution in [1.29, 1.82) is 0 Å². The molecule has 0 aromatic heterocycles. The van der Waals surface area contributed by atoms with E-state index in [2.05, 4.69) is 22.2 Å². The second kappa shape index (κ2) is 4.14. The van der Waals surface area contributed by atoms with E-state index < -0.39 is 0 Å². The van der Waals surface area contributed by atoms with Gasteiger partial charge in [-0.2, -0.15) is 0 Å². The molecule has 60 valence electrons. The van der Waals surface area contributed by atoms with E-state index >= 15 is 0 Å². The first-order chi connectivity index (χ1) is 4.33. The summed E-state index contributed by atoms with van der Waals surface area (Å²) in [4.78, 5) is 4.30. The molecule has 0 aromatic rings. The van der Waals surface area contributed by atoms with Crippen molar-refractivity contribution in [3.8, 4) is 0 Å². The first kappa shape index (κ1) is 9.26. The zero-order valence-corrected chi connectivity index (χ0v) is 6.25. The van der Waals surface area contributed by atoms with Crippen LogP contribution in [0.4, 0.5) is 0 Å². The molecule has 0 atom stereocenters. The molecule has 0 saturated carbocycles. The van der Waals surface area contributed by atoms with Gasteiger partial charge in [-0.3, -0.25) is 0 Å². The molecule has 1 aliphatic heterocycles. The smallest absolute Gasteiger partial charge is 0.0891 e. The van der Waals surface area contributed by atoms with Crippen LogP contribution in [-0.4, -0.2) is 42.1 Å². The molecular formula is C6H15N3O. The number of nitrogens with zero attached hydrogens (tertiary/aromatic N) is 2. The van der Waals surface area contributed by atoms with Gasteiger partial charge in [0.25, 0.3) is 0 Å². The molecule has 4 nitrogen and oxygen atoms in total. The maximum Gasteiger partial charge on any atom is 0.0891 e. The molecule has 10 heavy (non-hydrogen) atoms. The van der Waals surface area contributed by atoms with E-state index in [1.54, 1.807) is 0 Å². The number of hydrogen-bond donors (Lipinski definition) is 1. The molecule has 0 fully saturated rings. The lowest BCUT2D eigenvalue weighted by atomic mass is 10.6. The molecule has 1 heterocycles. The van der Waals surface area contributed by atoms with Gasteiger partial charge in [0.1, 0.15) is 0 Å². The fourth-order valence-electron chi connectivity index (χ4n) is 0.900. The van der Waals surface area contributed by atoms with E-state index in [1.165, 1.54) is 0 Å². The largest absolute Gasteiger partial charge is 0.412 e. The van der Waals surface area contributed by atoms with E-state index in [0.717, 1.165) is 19.8 Å². The van der Waals surface area contributed by atoms with Crippen molar-refractivity contribution in [3.05, 3.63) is 12.4 Å². The van der Waals surface area contributed by atoms with Crippen LogP contribution >= 0.6 is 0 Å². The third-order valence-corrected chi connectivity index (χ3v) is 1.35. The SMILES string of the molecule is CN1C=CN(CCN)C1.O. The summed E-state index contributed by atoms with van der Waals surface area (Å²) in [5.74, 6) is 0. The Balaban J connectivity index is 0.000000810. The van der Waals surface area contributed by atoms with E-state index in [9.17, 15) is 0 Å². The minimum Gasteiger partial charge on any atom is -0.412 e. The topological polar surface area (TPSA) is 64.0 Å². The van der Waals surface area contributed by atoms with E-state index in [1.807, 2.05) is 7.05 Å². The maximum absolute atomic E-state index is 5.36. The predicted octanol–water partition coefficient (Wildman–Crippen LogP) is -1.20. The van der Waals surface area contributed by atoms with Crippen LogP contribution in [0.1, 0.15) is 0 Å². The third-order valence-electron chi connectivity index (χ3n) is 1.35. The summed E-state index contributed by atoms with van der Waals surface area (Å²) < 4.78 is 0. The fraction of sp³-hybridized carbons (Fsp3) is 0.667. The van der Waals surface area contributed by atoms with Gasteiger partial charge in [-0.05, 0) is 0 Å². The van der Waals surface area contributed by atoms with Crippen molar-refractivity contribution in [2.45, 2.75) is 0 Å². The molecule has 0 aliphatic carbocycles. The number of hydrogen-bond acceptors (Lipinski definition) is 3. The first-order valence-corrected chi connectivity index (χ1v) is 3.15. The quantitative estimate of drug-likeness (QED) is 0.530. The summed E-state index contributed by atoms with van der Waals surface area (Å²) >= 11 is 0. The Morgan fingerprint density at radius 3 is 2.60 bits per heavy atom. The average molecular weight is 145 g/mol. The van der Waals surface area contributed by atoms with Crippen LogP contribution in [-0.2, 0) is 0 Å². The van der Waals surface area contributed by atoms with E-state index in [0.29, 0.717) is 0 Å². The maximum atomic E-state index is 5.36. The first-order valence-electron chi connectivity index (χ1n) is 3.15. The summed E-state index contributed by atoms with van der Waals surface area (Å²) in [7, 11) is 2.05. The zero-order chi connectivity index (χ0) is 6.69. The van der Waals surface area contributed by atoms with Gasteiger partial charge < -0.3 is 21.0 Å². The molecule has 0 saturated heterocycles. The molecule has 0 spiro atoms. The number of nitrogens with two attached hydrogens (primary N) is 1. The summed E-state index contributed by atoms with van der Waals surface area (Å²) in [6.45, 7) is 2.68. The highest BCUT2D eigenvalue weighted by atomic mass is 16.0. The number of rotatable bonds is 2. The fourth-order valence-corrected chi connectivity index (χ4v) is 0.900. The molecule has 1 aliphatic rings. The molecule has 0 unspecified atom stereocenters. The summed E-state index contributed by atoms with van der Waals surface area (Å²) in [6.07, 6.45) is 4.11. The van der Waals surface area contributed by atoms with Gasteiger partial charge in [-0.25, -0.2) is 0 Å². The van der Waals surface area contributed by atoms with Gasteiger partial charge in [-0.15, -0.1) is 0 Å². The second-order valence-corrected chi connectivity index (χ2v) is 2.30. The third kappa shape index (κ3) is 2.24.